The van der Waals surface area contributed by atoms with Crippen molar-refractivity contribution in [2.45, 2.75) is 39.0 Å². The van der Waals surface area contributed by atoms with Gasteiger partial charge in [0, 0.05) is 6.61 Å². The van der Waals surface area contributed by atoms with E-state index in [-0.39, 0.29) is 0 Å². The molecular formula is C11H18O. The molecule has 0 radical (unpaired) electrons. The summed E-state index contributed by atoms with van der Waals surface area (Å²) in [6.07, 6.45) is 10.2. The summed E-state index contributed by atoms with van der Waals surface area (Å²) in [5, 5.41) is 8.68. The molecule has 1 aliphatic rings. The molecule has 0 aromatic rings. The molecule has 0 aromatic carbocycles. The van der Waals surface area contributed by atoms with Gasteiger partial charge < -0.3 is 5.11 Å². The summed E-state index contributed by atoms with van der Waals surface area (Å²) < 4.78 is 0. The molecule has 68 valence electrons. The van der Waals surface area contributed by atoms with Crippen LogP contribution in [-0.4, -0.2) is 11.7 Å². The second-order valence-corrected chi connectivity index (χ2v) is 3.52. The normalized spacial score (nSPS) is 18.2. The van der Waals surface area contributed by atoms with Crippen LogP contribution in [0, 0.1) is 0 Å². The van der Waals surface area contributed by atoms with E-state index >= 15 is 0 Å². The molecule has 0 aromatic heterocycles. The zero-order valence-electron chi connectivity index (χ0n) is 7.84. The van der Waals surface area contributed by atoms with Crippen LogP contribution in [0.3, 0.4) is 0 Å². The highest BCUT2D eigenvalue weighted by atomic mass is 16.2. The van der Waals surface area contributed by atoms with Gasteiger partial charge in [-0.05, 0) is 39.0 Å². The van der Waals surface area contributed by atoms with E-state index in [9.17, 15) is 0 Å². The molecule has 0 saturated carbocycles. The number of hydrogen-bond acceptors (Lipinski definition) is 1. The average molecular weight is 166 g/mol. The first-order chi connectivity index (χ1) is 5.83. The van der Waals surface area contributed by atoms with Crippen LogP contribution in [0.2, 0.25) is 0 Å². The Morgan fingerprint density at radius 1 is 1.33 bits per heavy atom. The van der Waals surface area contributed by atoms with Crippen LogP contribution in [0.5, 0.6) is 0 Å². The Morgan fingerprint density at radius 2 is 2.17 bits per heavy atom. The molecule has 0 fully saturated rings. The Hall–Kier alpha value is -0.560. The molecule has 0 saturated heterocycles. The third kappa shape index (κ3) is 3.22. The Bertz CT molecular complexity index is 189. The topological polar surface area (TPSA) is 20.2 Å². The SMILES string of the molecule is CC1=CC=C(CCCO)CCC1. The van der Waals surface area contributed by atoms with Crippen LogP contribution in [0.15, 0.2) is 23.3 Å². The molecule has 0 heterocycles. The summed E-state index contributed by atoms with van der Waals surface area (Å²) >= 11 is 0. The van der Waals surface area contributed by atoms with Crippen LogP contribution in [0.25, 0.3) is 0 Å². The highest BCUT2D eigenvalue weighted by molar-refractivity contribution is 5.19. The number of aliphatic hydroxyl groups is 1. The minimum atomic E-state index is 0.319. The Labute approximate surface area is 74.8 Å². The predicted molar refractivity (Wildman–Crippen MR) is 52.0 cm³/mol. The molecule has 1 rings (SSSR count). The van der Waals surface area contributed by atoms with Crippen LogP contribution >= 0.6 is 0 Å². The van der Waals surface area contributed by atoms with Crippen LogP contribution in [-0.2, 0) is 0 Å². The molecule has 0 spiro atoms. The lowest BCUT2D eigenvalue weighted by molar-refractivity contribution is 0.288. The van der Waals surface area contributed by atoms with E-state index in [4.69, 9.17) is 5.11 Å². The fourth-order valence-electron chi connectivity index (χ4n) is 1.54. The average Bonchev–Trinajstić information content (AvgIpc) is 2.27. The van der Waals surface area contributed by atoms with Gasteiger partial charge in [0.1, 0.15) is 0 Å². The third-order valence-corrected chi connectivity index (χ3v) is 2.33. The maximum atomic E-state index is 8.68. The molecule has 1 aliphatic carbocycles. The minimum Gasteiger partial charge on any atom is -0.396 e. The lowest BCUT2D eigenvalue weighted by Crippen LogP contribution is -1.87. The van der Waals surface area contributed by atoms with Crippen LogP contribution in [0.1, 0.15) is 39.0 Å². The lowest BCUT2D eigenvalue weighted by atomic mass is 10.1. The van der Waals surface area contributed by atoms with Gasteiger partial charge in [0.15, 0.2) is 0 Å². The quantitative estimate of drug-likeness (QED) is 0.683. The highest BCUT2D eigenvalue weighted by Gasteiger charge is 2.01. The Kier molecular flexibility index (Phi) is 4.09. The van der Waals surface area contributed by atoms with Gasteiger partial charge in [-0.2, -0.15) is 0 Å². The molecule has 0 unspecified atom stereocenters. The van der Waals surface area contributed by atoms with E-state index in [2.05, 4.69) is 19.1 Å². The van der Waals surface area contributed by atoms with Crippen molar-refractivity contribution in [2.75, 3.05) is 6.61 Å². The van der Waals surface area contributed by atoms with Crippen molar-refractivity contribution in [1.82, 2.24) is 0 Å². The zero-order chi connectivity index (χ0) is 8.81. The predicted octanol–water partition coefficient (Wildman–Crippen LogP) is 2.82. The van der Waals surface area contributed by atoms with Gasteiger partial charge in [-0.3, -0.25) is 0 Å². The van der Waals surface area contributed by atoms with E-state index in [0.717, 1.165) is 12.8 Å². The van der Waals surface area contributed by atoms with Crippen molar-refractivity contribution in [2.24, 2.45) is 0 Å². The summed E-state index contributed by atoms with van der Waals surface area (Å²) in [5.41, 5.74) is 2.98. The molecule has 0 bridgehead atoms. The first-order valence-electron chi connectivity index (χ1n) is 4.79. The summed E-state index contributed by atoms with van der Waals surface area (Å²) in [4.78, 5) is 0. The molecular weight excluding hydrogens is 148 g/mol. The van der Waals surface area contributed by atoms with Gasteiger partial charge in [-0.1, -0.05) is 23.3 Å². The van der Waals surface area contributed by atoms with Crippen molar-refractivity contribution in [1.29, 1.82) is 0 Å². The maximum Gasteiger partial charge on any atom is 0.0434 e. The van der Waals surface area contributed by atoms with Gasteiger partial charge in [0.25, 0.3) is 0 Å². The van der Waals surface area contributed by atoms with Gasteiger partial charge in [-0.15, -0.1) is 0 Å². The fraction of sp³-hybridized carbons (Fsp3) is 0.636. The monoisotopic (exact) mass is 166 g/mol. The molecule has 0 aliphatic heterocycles. The van der Waals surface area contributed by atoms with Gasteiger partial charge in [0.2, 0.25) is 0 Å². The molecule has 0 atom stereocenters. The second-order valence-electron chi connectivity index (χ2n) is 3.52. The number of rotatable bonds is 3. The third-order valence-electron chi connectivity index (χ3n) is 2.33. The largest absolute Gasteiger partial charge is 0.396 e. The number of hydrogen-bond donors (Lipinski definition) is 1. The van der Waals surface area contributed by atoms with Crippen molar-refractivity contribution in [3.63, 3.8) is 0 Å². The summed E-state index contributed by atoms with van der Waals surface area (Å²) in [7, 11) is 0. The van der Waals surface area contributed by atoms with Gasteiger partial charge in [0.05, 0.1) is 0 Å². The van der Waals surface area contributed by atoms with E-state index < -0.39 is 0 Å². The smallest absolute Gasteiger partial charge is 0.0434 e. The van der Waals surface area contributed by atoms with Crippen LogP contribution in [0.4, 0.5) is 0 Å². The van der Waals surface area contributed by atoms with E-state index in [1.165, 1.54) is 30.4 Å². The molecule has 12 heavy (non-hydrogen) atoms. The summed E-state index contributed by atoms with van der Waals surface area (Å²) in [5.74, 6) is 0. The number of allylic oxidation sites excluding steroid dienone is 4. The molecule has 1 heteroatoms. The van der Waals surface area contributed by atoms with Gasteiger partial charge >= 0.3 is 0 Å². The first-order valence-corrected chi connectivity index (χ1v) is 4.79. The van der Waals surface area contributed by atoms with E-state index in [1.54, 1.807) is 0 Å². The van der Waals surface area contributed by atoms with Crippen molar-refractivity contribution < 1.29 is 5.11 Å². The van der Waals surface area contributed by atoms with E-state index in [0.29, 0.717) is 6.61 Å². The lowest BCUT2D eigenvalue weighted by Gasteiger charge is -2.02. The van der Waals surface area contributed by atoms with Crippen molar-refractivity contribution in [3.8, 4) is 0 Å². The van der Waals surface area contributed by atoms with E-state index in [1.807, 2.05) is 0 Å². The van der Waals surface area contributed by atoms with Crippen molar-refractivity contribution >= 4 is 0 Å². The fourth-order valence-corrected chi connectivity index (χ4v) is 1.54. The molecule has 1 nitrogen and oxygen atoms in total. The Balaban J connectivity index is 2.42. The zero-order valence-corrected chi connectivity index (χ0v) is 7.84. The summed E-state index contributed by atoms with van der Waals surface area (Å²) in [6.45, 7) is 2.51. The standard InChI is InChI=1S/C11H18O/c1-10-4-2-5-11(8-7-10)6-3-9-12/h7-8,12H,2-6,9H2,1H3. The van der Waals surface area contributed by atoms with Crippen LogP contribution < -0.4 is 0 Å². The van der Waals surface area contributed by atoms with Gasteiger partial charge in [-0.25, -0.2) is 0 Å². The highest BCUT2D eigenvalue weighted by Crippen LogP contribution is 2.20. The Morgan fingerprint density at radius 3 is 2.92 bits per heavy atom. The maximum absolute atomic E-state index is 8.68. The minimum absolute atomic E-state index is 0.319. The summed E-state index contributed by atoms with van der Waals surface area (Å²) in [6, 6.07) is 0. The second kappa shape index (κ2) is 5.15. The van der Waals surface area contributed by atoms with Crippen molar-refractivity contribution in [3.05, 3.63) is 23.3 Å². The molecule has 1 N–H and O–H groups in total. The number of aliphatic hydroxyl groups excluding tert-OH is 1. The first kappa shape index (κ1) is 9.53. The molecule has 0 amide bonds.